The molecule has 0 heterocycles. The zero-order valence-corrected chi connectivity index (χ0v) is 4.60. The Kier molecular flexibility index (Phi) is 4.45. The Bertz CT molecular complexity index is 70.8. The second-order valence-electron chi connectivity index (χ2n) is 1.16. The van der Waals surface area contributed by atoms with Gasteiger partial charge in [0.2, 0.25) is 0 Å². The molecule has 0 N–H and O–H groups in total. The van der Waals surface area contributed by atoms with Gasteiger partial charge in [-0.15, -0.1) is 0 Å². The normalized spacial score (nSPS) is 11.5. The first-order valence-electron chi connectivity index (χ1n) is 2.28. The molecular formula is C5H8F2O. The maximum atomic E-state index is 11.1. The molecule has 0 fully saturated rings. The summed E-state index contributed by atoms with van der Waals surface area (Å²) in [6.07, 6.45) is 3.18. The molecule has 0 aliphatic carbocycles. The minimum absolute atomic E-state index is 0.00579. The summed E-state index contributed by atoms with van der Waals surface area (Å²) in [6, 6.07) is 0. The van der Waals surface area contributed by atoms with Gasteiger partial charge >= 0.3 is 6.61 Å². The molecule has 0 spiro atoms. The van der Waals surface area contributed by atoms with E-state index in [2.05, 4.69) is 4.74 Å². The molecular weight excluding hydrogens is 114 g/mol. The lowest BCUT2D eigenvalue weighted by molar-refractivity contribution is -0.119. The number of rotatable bonds is 3. The molecule has 0 aromatic rings. The molecule has 8 heavy (non-hydrogen) atoms. The Morgan fingerprint density at radius 3 is 2.62 bits per heavy atom. The van der Waals surface area contributed by atoms with Crippen molar-refractivity contribution in [3.8, 4) is 0 Å². The maximum Gasteiger partial charge on any atom is 0.345 e. The number of ether oxygens (including phenoxy) is 1. The van der Waals surface area contributed by atoms with Crippen molar-refractivity contribution in [1.29, 1.82) is 0 Å². The summed E-state index contributed by atoms with van der Waals surface area (Å²) in [7, 11) is 0. The number of hydrogen-bond donors (Lipinski definition) is 0. The number of alkyl halides is 2. The highest BCUT2D eigenvalue weighted by atomic mass is 19.3. The van der Waals surface area contributed by atoms with Crippen molar-refractivity contribution < 1.29 is 13.5 Å². The van der Waals surface area contributed by atoms with Gasteiger partial charge in [0.25, 0.3) is 0 Å². The van der Waals surface area contributed by atoms with E-state index in [-0.39, 0.29) is 6.61 Å². The standard InChI is InChI=1S/C5H8F2O/c1-2-3-4-8-5(6)7/h2-3,5H,4H2,1H3. The van der Waals surface area contributed by atoms with E-state index in [4.69, 9.17) is 0 Å². The fraction of sp³-hybridized carbons (Fsp3) is 0.600. The highest BCUT2D eigenvalue weighted by molar-refractivity contribution is 4.75. The quantitative estimate of drug-likeness (QED) is 0.518. The van der Waals surface area contributed by atoms with Crippen molar-refractivity contribution >= 4 is 0 Å². The summed E-state index contributed by atoms with van der Waals surface area (Å²) >= 11 is 0. The van der Waals surface area contributed by atoms with Gasteiger partial charge in [-0.25, -0.2) is 0 Å². The molecule has 0 atom stereocenters. The van der Waals surface area contributed by atoms with Crippen LogP contribution in [-0.2, 0) is 4.74 Å². The van der Waals surface area contributed by atoms with E-state index in [9.17, 15) is 8.78 Å². The van der Waals surface area contributed by atoms with Gasteiger partial charge in [0.1, 0.15) is 0 Å². The summed E-state index contributed by atoms with van der Waals surface area (Å²) in [5, 5.41) is 0. The highest BCUT2D eigenvalue weighted by Crippen LogP contribution is 1.92. The topological polar surface area (TPSA) is 9.23 Å². The van der Waals surface area contributed by atoms with Gasteiger partial charge in [-0.05, 0) is 6.92 Å². The van der Waals surface area contributed by atoms with E-state index in [1.165, 1.54) is 6.08 Å². The Labute approximate surface area is 47.0 Å². The number of allylic oxidation sites excluding steroid dienone is 1. The van der Waals surface area contributed by atoms with Gasteiger partial charge in [0.05, 0.1) is 6.61 Å². The van der Waals surface area contributed by atoms with Crippen LogP contribution in [0.15, 0.2) is 12.2 Å². The van der Waals surface area contributed by atoms with Crippen molar-refractivity contribution in [3.63, 3.8) is 0 Å². The molecule has 0 saturated carbocycles. The minimum atomic E-state index is -2.65. The predicted molar refractivity (Wildman–Crippen MR) is 26.8 cm³/mol. The van der Waals surface area contributed by atoms with Gasteiger partial charge in [-0.1, -0.05) is 12.2 Å². The second-order valence-corrected chi connectivity index (χ2v) is 1.16. The third-order valence-corrected chi connectivity index (χ3v) is 0.554. The van der Waals surface area contributed by atoms with Crippen molar-refractivity contribution in [2.45, 2.75) is 13.5 Å². The average Bonchev–Trinajstić information content (AvgIpc) is 1.66. The van der Waals surface area contributed by atoms with Crippen LogP contribution in [0.1, 0.15) is 6.92 Å². The first kappa shape index (κ1) is 7.56. The zero-order valence-electron chi connectivity index (χ0n) is 4.60. The third kappa shape index (κ3) is 5.56. The molecule has 48 valence electrons. The van der Waals surface area contributed by atoms with Crippen LogP contribution in [0.3, 0.4) is 0 Å². The molecule has 0 aromatic heterocycles. The van der Waals surface area contributed by atoms with Crippen LogP contribution in [0.25, 0.3) is 0 Å². The molecule has 0 aliphatic heterocycles. The van der Waals surface area contributed by atoms with Crippen molar-refractivity contribution in [2.75, 3.05) is 6.61 Å². The molecule has 0 aliphatic rings. The predicted octanol–water partition coefficient (Wildman–Crippen LogP) is 1.80. The van der Waals surface area contributed by atoms with E-state index in [1.807, 2.05) is 0 Å². The summed E-state index contributed by atoms with van der Waals surface area (Å²) < 4.78 is 26.1. The fourth-order valence-electron chi connectivity index (χ4n) is 0.225. The van der Waals surface area contributed by atoms with Crippen LogP contribution in [-0.4, -0.2) is 13.2 Å². The Hall–Kier alpha value is -0.440. The summed E-state index contributed by atoms with van der Waals surface area (Å²) in [6.45, 7) is -0.908. The average molecular weight is 122 g/mol. The molecule has 0 bridgehead atoms. The molecule has 0 saturated heterocycles. The van der Waals surface area contributed by atoms with Gasteiger partial charge < -0.3 is 4.74 Å². The zero-order chi connectivity index (χ0) is 6.41. The highest BCUT2D eigenvalue weighted by Gasteiger charge is 1.96. The monoisotopic (exact) mass is 122 g/mol. The van der Waals surface area contributed by atoms with E-state index < -0.39 is 6.61 Å². The van der Waals surface area contributed by atoms with Gasteiger partial charge in [-0.3, -0.25) is 0 Å². The van der Waals surface area contributed by atoms with E-state index in [0.717, 1.165) is 0 Å². The van der Waals surface area contributed by atoms with E-state index >= 15 is 0 Å². The molecule has 0 unspecified atom stereocenters. The SMILES string of the molecule is CC=CCOC(F)F. The van der Waals surface area contributed by atoms with Gasteiger partial charge in [0, 0.05) is 0 Å². The van der Waals surface area contributed by atoms with E-state index in [0.29, 0.717) is 0 Å². The van der Waals surface area contributed by atoms with Gasteiger partial charge in [0.15, 0.2) is 0 Å². The van der Waals surface area contributed by atoms with E-state index in [1.54, 1.807) is 13.0 Å². The van der Waals surface area contributed by atoms with Crippen LogP contribution in [0, 0.1) is 0 Å². The Balaban J connectivity index is 2.93. The third-order valence-electron chi connectivity index (χ3n) is 0.554. The summed E-state index contributed by atoms with van der Waals surface area (Å²) in [5.41, 5.74) is 0. The molecule has 1 nitrogen and oxygen atoms in total. The smallest absolute Gasteiger partial charge is 0.319 e. The van der Waals surface area contributed by atoms with Gasteiger partial charge in [-0.2, -0.15) is 8.78 Å². The summed E-state index contributed by atoms with van der Waals surface area (Å²) in [5.74, 6) is 0. The van der Waals surface area contributed by atoms with Crippen LogP contribution < -0.4 is 0 Å². The van der Waals surface area contributed by atoms with Crippen molar-refractivity contribution in [2.24, 2.45) is 0 Å². The van der Waals surface area contributed by atoms with Crippen molar-refractivity contribution in [3.05, 3.63) is 12.2 Å². The molecule has 0 amide bonds. The Morgan fingerprint density at radius 1 is 1.62 bits per heavy atom. The largest absolute Gasteiger partial charge is 0.345 e. The second kappa shape index (κ2) is 4.71. The molecule has 0 radical (unpaired) electrons. The van der Waals surface area contributed by atoms with Crippen LogP contribution in [0.2, 0.25) is 0 Å². The molecule has 0 rings (SSSR count). The van der Waals surface area contributed by atoms with Crippen LogP contribution in [0.5, 0.6) is 0 Å². The summed E-state index contributed by atoms with van der Waals surface area (Å²) in [4.78, 5) is 0. The molecule has 3 heteroatoms. The minimum Gasteiger partial charge on any atom is -0.319 e. The first-order valence-corrected chi connectivity index (χ1v) is 2.28. The number of halogens is 2. The lowest BCUT2D eigenvalue weighted by atomic mass is 10.6. The molecule has 0 aromatic carbocycles. The lowest BCUT2D eigenvalue weighted by Gasteiger charge is -1.94. The number of hydrogen-bond acceptors (Lipinski definition) is 1. The van der Waals surface area contributed by atoms with Crippen LogP contribution in [0.4, 0.5) is 8.78 Å². The fourth-order valence-corrected chi connectivity index (χ4v) is 0.225. The van der Waals surface area contributed by atoms with Crippen molar-refractivity contribution in [1.82, 2.24) is 0 Å². The Morgan fingerprint density at radius 2 is 2.25 bits per heavy atom. The first-order chi connectivity index (χ1) is 3.77. The maximum absolute atomic E-state index is 11.1. The van der Waals surface area contributed by atoms with Crippen LogP contribution >= 0.6 is 0 Å². The lowest BCUT2D eigenvalue weighted by Crippen LogP contribution is -1.97.